The summed E-state index contributed by atoms with van der Waals surface area (Å²) in [5.74, 6) is 0.249. The number of piperidine rings is 1. The van der Waals surface area contributed by atoms with Gasteiger partial charge in [0.2, 0.25) is 10.0 Å². The minimum atomic E-state index is -3.44. The molecule has 1 aromatic heterocycles. The molecule has 3 heterocycles. The fourth-order valence-corrected chi connectivity index (χ4v) is 4.61. The number of pyridine rings is 1. The molecule has 2 saturated heterocycles. The summed E-state index contributed by atoms with van der Waals surface area (Å²) in [6, 6.07) is 15.0. The Morgan fingerprint density at radius 1 is 1.07 bits per heavy atom. The van der Waals surface area contributed by atoms with Crippen LogP contribution in [0.5, 0.6) is 0 Å². The normalized spacial score (nSPS) is 22.4. The average Bonchev–Trinajstić information content (AvgIpc) is 2.76. The molecule has 0 spiro atoms. The van der Waals surface area contributed by atoms with Gasteiger partial charge in [-0.2, -0.15) is 4.31 Å². The van der Waals surface area contributed by atoms with Crippen LogP contribution in [0.3, 0.4) is 0 Å². The summed E-state index contributed by atoms with van der Waals surface area (Å²) in [7, 11) is -3.44. The Hall–Kier alpha value is -2.55. The minimum Gasteiger partial charge on any atom is -0.378 e. The quantitative estimate of drug-likeness (QED) is 0.694. The van der Waals surface area contributed by atoms with Gasteiger partial charge in [0.15, 0.2) is 5.78 Å². The van der Waals surface area contributed by atoms with Gasteiger partial charge in [0.05, 0.1) is 31.1 Å². The molecule has 1 aromatic carbocycles. The van der Waals surface area contributed by atoms with Gasteiger partial charge in [-0.3, -0.25) is 4.79 Å². The van der Waals surface area contributed by atoms with Crippen molar-refractivity contribution in [1.29, 1.82) is 0 Å². The predicted molar refractivity (Wildman–Crippen MR) is 116 cm³/mol. The van der Waals surface area contributed by atoms with Gasteiger partial charge in [0.1, 0.15) is 5.82 Å². The van der Waals surface area contributed by atoms with E-state index < -0.39 is 15.9 Å². The first-order valence-corrected chi connectivity index (χ1v) is 11.8. The first kappa shape index (κ1) is 20.7. The van der Waals surface area contributed by atoms with Gasteiger partial charge in [-0.1, -0.05) is 36.4 Å². The largest absolute Gasteiger partial charge is 0.378 e. The number of nitrogens with zero attached hydrogens (tertiary/aromatic N) is 3. The van der Waals surface area contributed by atoms with Crippen molar-refractivity contribution in [1.82, 2.24) is 9.29 Å². The zero-order valence-corrected chi connectivity index (χ0v) is 17.7. The highest BCUT2D eigenvalue weighted by Gasteiger charge is 2.35. The maximum atomic E-state index is 13.2. The molecular formula is C22H25N3O4S. The van der Waals surface area contributed by atoms with Crippen LogP contribution in [0.1, 0.15) is 17.2 Å². The lowest BCUT2D eigenvalue weighted by atomic mass is 9.87. The van der Waals surface area contributed by atoms with E-state index in [-0.39, 0.29) is 18.9 Å². The van der Waals surface area contributed by atoms with Crippen LogP contribution in [0.2, 0.25) is 0 Å². The van der Waals surface area contributed by atoms with E-state index in [0.717, 1.165) is 24.5 Å². The van der Waals surface area contributed by atoms with Crippen LogP contribution in [0.25, 0.3) is 6.08 Å². The molecule has 2 aliphatic heterocycles. The van der Waals surface area contributed by atoms with Crippen molar-refractivity contribution in [3.63, 3.8) is 0 Å². The summed E-state index contributed by atoms with van der Waals surface area (Å²) in [6.45, 7) is 3.07. The number of carbonyl (C=O) groups excluding carboxylic acids is 1. The molecule has 0 radical (unpaired) electrons. The second-order valence-corrected chi connectivity index (χ2v) is 9.56. The predicted octanol–water partition coefficient (Wildman–Crippen LogP) is 1.93. The molecule has 1 unspecified atom stereocenters. The van der Waals surface area contributed by atoms with Crippen LogP contribution in [0.4, 0.5) is 5.82 Å². The third-order valence-corrected chi connectivity index (χ3v) is 6.67. The summed E-state index contributed by atoms with van der Waals surface area (Å²) < 4.78 is 31.3. The van der Waals surface area contributed by atoms with Crippen LogP contribution in [-0.4, -0.2) is 69.1 Å². The van der Waals surface area contributed by atoms with E-state index in [1.54, 1.807) is 6.08 Å². The van der Waals surface area contributed by atoms with Crippen LogP contribution in [0, 0.1) is 0 Å². The molecule has 158 valence electrons. The number of aromatic nitrogens is 1. The summed E-state index contributed by atoms with van der Waals surface area (Å²) in [5.41, 5.74) is 1.91. The Balaban J connectivity index is 1.67. The third-order valence-electron chi connectivity index (χ3n) is 5.45. The molecule has 2 aliphatic rings. The van der Waals surface area contributed by atoms with E-state index in [4.69, 9.17) is 4.74 Å². The van der Waals surface area contributed by atoms with Gasteiger partial charge < -0.3 is 9.64 Å². The molecule has 2 fully saturated rings. The Kier molecular flexibility index (Phi) is 5.99. The highest BCUT2D eigenvalue weighted by atomic mass is 32.2. The van der Waals surface area contributed by atoms with Gasteiger partial charge in [0.25, 0.3) is 0 Å². The van der Waals surface area contributed by atoms with Gasteiger partial charge >= 0.3 is 0 Å². The first-order chi connectivity index (χ1) is 14.4. The van der Waals surface area contributed by atoms with Gasteiger partial charge in [-0.25, -0.2) is 13.4 Å². The second-order valence-electron chi connectivity index (χ2n) is 7.57. The zero-order chi connectivity index (χ0) is 21.1. The van der Waals surface area contributed by atoms with Crippen molar-refractivity contribution in [2.75, 3.05) is 50.5 Å². The average molecular weight is 428 g/mol. The lowest BCUT2D eigenvalue weighted by molar-refractivity contribution is -0.118. The van der Waals surface area contributed by atoms with Gasteiger partial charge in [0, 0.05) is 31.8 Å². The number of morpholine rings is 1. The Morgan fingerprint density at radius 3 is 2.50 bits per heavy atom. The molecule has 0 amide bonds. The van der Waals surface area contributed by atoms with Crippen LogP contribution >= 0.6 is 0 Å². The number of ether oxygens (including phenoxy) is 1. The van der Waals surface area contributed by atoms with Crippen LogP contribution in [-0.2, 0) is 19.6 Å². The van der Waals surface area contributed by atoms with E-state index in [1.165, 1.54) is 10.6 Å². The fraction of sp³-hybridized carbons (Fsp3) is 0.364. The molecule has 0 aliphatic carbocycles. The molecule has 30 heavy (non-hydrogen) atoms. The molecule has 7 nitrogen and oxygen atoms in total. The molecule has 0 saturated carbocycles. The van der Waals surface area contributed by atoms with Crippen molar-refractivity contribution in [3.05, 3.63) is 65.4 Å². The molecule has 1 atom stereocenters. The number of benzene rings is 1. The number of ketones is 1. The molecule has 4 rings (SSSR count). The van der Waals surface area contributed by atoms with E-state index >= 15 is 0 Å². The molecule has 8 heteroatoms. The first-order valence-electron chi connectivity index (χ1n) is 9.96. The molecule has 0 N–H and O–H groups in total. The van der Waals surface area contributed by atoms with E-state index in [2.05, 4.69) is 9.88 Å². The Morgan fingerprint density at radius 2 is 1.80 bits per heavy atom. The highest BCUT2D eigenvalue weighted by Crippen LogP contribution is 2.29. The number of rotatable bonds is 4. The van der Waals surface area contributed by atoms with Crippen molar-refractivity contribution < 1.29 is 17.9 Å². The third kappa shape index (κ3) is 4.61. The maximum Gasteiger partial charge on any atom is 0.211 e. The minimum absolute atomic E-state index is 0.0559. The maximum absolute atomic E-state index is 13.2. The summed E-state index contributed by atoms with van der Waals surface area (Å²) in [6.07, 6.45) is 2.90. The molecule has 2 aromatic rings. The van der Waals surface area contributed by atoms with Gasteiger partial charge in [-0.15, -0.1) is 0 Å². The standard InChI is InChI=1S/C22H25N3O4S/c1-30(27,28)25-15-18(22(26)20(16-25)17-6-3-2-4-7-17)14-19-8-5-9-21(23-19)24-10-12-29-13-11-24/h2-9,14,20H,10-13,15-16H2,1H3. The van der Waals surface area contributed by atoms with E-state index in [9.17, 15) is 13.2 Å². The van der Waals surface area contributed by atoms with Crippen LogP contribution < -0.4 is 4.90 Å². The number of anilines is 1. The second kappa shape index (κ2) is 8.67. The number of hydrogen-bond donors (Lipinski definition) is 0. The number of carbonyl (C=O) groups is 1. The van der Waals surface area contributed by atoms with Crippen molar-refractivity contribution in [2.24, 2.45) is 0 Å². The zero-order valence-electron chi connectivity index (χ0n) is 16.9. The fourth-order valence-electron chi connectivity index (χ4n) is 3.82. The lowest BCUT2D eigenvalue weighted by Gasteiger charge is -2.32. The Bertz CT molecular complexity index is 1050. The van der Waals surface area contributed by atoms with Gasteiger partial charge in [-0.05, 0) is 23.8 Å². The summed E-state index contributed by atoms with van der Waals surface area (Å²) >= 11 is 0. The Labute approximate surface area is 177 Å². The smallest absolute Gasteiger partial charge is 0.211 e. The van der Waals surface area contributed by atoms with Crippen LogP contribution in [0.15, 0.2) is 54.1 Å². The molecule has 0 bridgehead atoms. The van der Waals surface area contributed by atoms with E-state index in [1.807, 2.05) is 48.5 Å². The topological polar surface area (TPSA) is 79.8 Å². The highest BCUT2D eigenvalue weighted by molar-refractivity contribution is 7.88. The lowest BCUT2D eigenvalue weighted by Crippen LogP contribution is -2.44. The van der Waals surface area contributed by atoms with Crippen molar-refractivity contribution in [3.8, 4) is 0 Å². The summed E-state index contributed by atoms with van der Waals surface area (Å²) in [5, 5.41) is 0. The number of sulfonamides is 1. The number of Topliss-reactive ketones (excluding diaryl/α,β-unsaturated/α-hetero) is 1. The van der Waals surface area contributed by atoms with E-state index in [0.29, 0.717) is 24.5 Å². The summed E-state index contributed by atoms with van der Waals surface area (Å²) in [4.78, 5) is 20.1. The number of hydrogen-bond acceptors (Lipinski definition) is 6. The SMILES string of the molecule is CS(=O)(=O)N1CC(=Cc2cccc(N3CCOCC3)n2)C(=O)C(c2ccccc2)C1. The van der Waals surface area contributed by atoms with Crippen molar-refractivity contribution >= 4 is 27.7 Å². The van der Waals surface area contributed by atoms with Crippen molar-refractivity contribution in [2.45, 2.75) is 5.92 Å². The molecular weight excluding hydrogens is 402 g/mol. The monoisotopic (exact) mass is 427 g/mol.